The average molecular weight is 349 g/mol. The normalized spacial score (nSPS) is 15.3. The molecule has 3 heterocycles. The predicted octanol–water partition coefficient (Wildman–Crippen LogP) is 2.15. The Morgan fingerprint density at radius 3 is 2.96 bits per heavy atom. The van der Waals surface area contributed by atoms with Crippen LogP contribution in [-0.2, 0) is 11.8 Å². The van der Waals surface area contributed by atoms with Crippen molar-refractivity contribution in [3.63, 3.8) is 0 Å². The molecule has 1 aliphatic rings. The maximum atomic E-state index is 12.1. The molecular formula is C19H18N6O. The van der Waals surface area contributed by atoms with Gasteiger partial charge in [0, 0.05) is 47.2 Å². The van der Waals surface area contributed by atoms with E-state index < -0.39 is 6.98 Å². The molecule has 26 heavy (non-hydrogen) atoms. The SMILES string of the molecule is [2H]C([2H])([2H])n1nccc1C#Cc1cnc(NC)c2cnc(NC(=O)C3CC3)cc12. The van der Waals surface area contributed by atoms with Crippen molar-refractivity contribution in [1.82, 2.24) is 19.7 Å². The lowest BCUT2D eigenvalue weighted by atomic mass is 10.1. The van der Waals surface area contributed by atoms with Gasteiger partial charge < -0.3 is 10.6 Å². The first-order valence-corrected chi connectivity index (χ1v) is 8.21. The van der Waals surface area contributed by atoms with Crippen LogP contribution >= 0.6 is 0 Å². The second-order valence-electron chi connectivity index (χ2n) is 6.03. The summed E-state index contributed by atoms with van der Waals surface area (Å²) in [6, 6.07) is 3.29. The number of nitrogens with one attached hydrogen (secondary N) is 2. The van der Waals surface area contributed by atoms with Gasteiger partial charge in [-0.25, -0.2) is 9.97 Å². The highest BCUT2D eigenvalue weighted by Crippen LogP contribution is 2.31. The maximum Gasteiger partial charge on any atom is 0.228 e. The molecule has 0 bridgehead atoms. The summed E-state index contributed by atoms with van der Waals surface area (Å²) < 4.78 is 23.5. The lowest BCUT2D eigenvalue weighted by Gasteiger charge is -2.09. The lowest BCUT2D eigenvalue weighted by Crippen LogP contribution is -2.14. The van der Waals surface area contributed by atoms with E-state index in [1.807, 2.05) is 0 Å². The fraction of sp³-hybridized carbons (Fsp3) is 0.263. The first-order valence-electron chi connectivity index (χ1n) is 9.71. The predicted molar refractivity (Wildman–Crippen MR) is 99.6 cm³/mol. The van der Waals surface area contributed by atoms with Gasteiger partial charge >= 0.3 is 0 Å². The van der Waals surface area contributed by atoms with E-state index in [0.717, 1.165) is 28.3 Å². The molecule has 2 N–H and O–H groups in total. The van der Waals surface area contributed by atoms with Gasteiger partial charge in [-0.3, -0.25) is 9.48 Å². The minimum absolute atomic E-state index is 0.0334. The third-order valence-corrected chi connectivity index (χ3v) is 4.18. The van der Waals surface area contributed by atoms with Crippen molar-refractivity contribution < 1.29 is 8.91 Å². The van der Waals surface area contributed by atoms with E-state index >= 15 is 0 Å². The van der Waals surface area contributed by atoms with Crippen LogP contribution in [0.25, 0.3) is 10.8 Å². The summed E-state index contributed by atoms with van der Waals surface area (Å²) >= 11 is 0. The third-order valence-electron chi connectivity index (χ3n) is 4.18. The first kappa shape index (κ1) is 12.9. The monoisotopic (exact) mass is 349 g/mol. The number of anilines is 2. The van der Waals surface area contributed by atoms with Gasteiger partial charge in [0.1, 0.15) is 17.3 Å². The number of fused-ring (bicyclic) bond motifs is 1. The summed E-state index contributed by atoms with van der Waals surface area (Å²) in [5.41, 5.74) is 0.855. The van der Waals surface area contributed by atoms with Crippen LogP contribution in [0.15, 0.2) is 30.7 Å². The Hall–Kier alpha value is -3.40. The molecule has 3 aromatic rings. The molecule has 130 valence electrons. The molecule has 1 aliphatic carbocycles. The second kappa shape index (κ2) is 6.48. The molecule has 0 radical (unpaired) electrons. The zero-order valence-corrected chi connectivity index (χ0v) is 14.1. The largest absolute Gasteiger partial charge is 0.373 e. The van der Waals surface area contributed by atoms with Crippen molar-refractivity contribution in [2.24, 2.45) is 12.9 Å². The second-order valence-corrected chi connectivity index (χ2v) is 6.03. The third kappa shape index (κ3) is 3.09. The summed E-state index contributed by atoms with van der Waals surface area (Å²) in [5, 5.41) is 11.2. The molecule has 1 fully saturated rings. The van der Waals surface area contributed by atoms with E-state index in [4.69, 9.17) is 4.11 Å². The number of aryl methyl sites for hydroxylation is 1. The van der Waals surface area contributed by atoms with Gasteiger partial charge in [0.2, 0.25) is 5.91 Å². The molecule has 0 aromatic carbocycles. The quantitative estimate of drug-likeness (QED) is 0.708. The van der Waals surface area contributed by atoms with Gasteiger partial charge in [-0.05, 0) is 30.9 Å². The highest BCUT2D eigenvalue weighted by Gasteiger charge is 2.29. The zero-order valence-electron chi connectivity index (χ0n) is 17.1. The molecule has 0 aliphatic heterocycles. The van der Waals surface area contributed by atoms with E-state index in [0.29, 0.717) is 17.2 Å². The van der Waals surface area contributed by atoms with Gasteiger partial charge in [-0.1, -0.05) is 5.92 Å². The fourth-order valence-corrected chi connectivity index (χ4v) is 2.61. The van der Waals surface area contributed by atoms with Gasteiger partial charge in [0.25, 0.3) is 0 Å². The minimum atomic E-state index is -2.41. The molecular weight excluding hydrogens is 328 g/mol. The Bertz CT molecular complexity index is 1150. The van der Waals surface area contributed by atoms with Crippen molar-refractivity contribution in [3.8, 4) is 11.8 Å². The number of carbonyl (C=O) groups excluding carboxylic acids is 1. The van der Waals surface area contributed by atoms with Crippen LogP contribution in [0, 0.1) is 17.8 Å². The highest BCUT2D eigenvalue weighted by molar-refractivity contribution is 5.99. The number of rotatable bonds is 3. The molecule has 4 rings (SSSR count). The summed E-state index contributed by atoms with van der Waals surface area (Å²) in [6.45, 7) is -2.41. The molecule has 0 atom stereocenters. The Kier molecular flexibility index (Phi) is 3.21. The molecule has 7 heteroatoms. The Balaban J connectivity index is 1.76. The fourth-order valence-electron chi connectivity index (χ4n) is 2.61. The van der Waals surface area contributed by atoms with Crippen LogP contribution in [0.5, 0.6) is 0 Å². The number of carbonyl (C=O) groups is 1. The number of amides is 1. The molecule has 1 saturated carbocycles. The minimum Gasteiger partial charge on any atom is -0.373 e. The summed E-state index contributed by atoms with van der Waals surface area (Å²) in [7, 11) is 1.75. The maximum absolute atomic E-state index is 12.1. The molecule has 0 spiro atoms. The van der Waals surface area contributed by atoms with Crippen LogP contribution in [0.4, 0.5) is 11.6 Å². The Labute approximate surface area is 155 Å². The standard InChI is InChI=1S/C19H18N6O/c1-20-18-16-11-21-17(24-19(26)12-3-4-12)9-15(16)13(10-22-18)5-6-14-7-8-23-25(14)2/h7-12H,3-4H2,1-2H3,(H,20,22)(H,21,24,26)/i2D3. The van der Waals surface area contributed by atoms with Gasteiger partial charge in [-0.15, -0.1) is 0 Å². The van der Waals surface area contributed by atoms with Crippen molar-refractivity contribution in [1.29, 1.82) is 0 Å². The topological polar surface area (TPSA) is 84.7 Å². The van der Waals surface area contributed by atoms with Crippen molar-refractivity contribution in [2.45, 2.75) is 12.8 Å². The highest BCUT2D eigenvalue weighted by atomic mass is 16.2. The lowest BCUT2D eigenvalue weighted by molar-refractivity contribution is -0.117. The molecule has 3 aromatic heterocycles. The van der Waals surface area contributed by atoms with Crippen LogP contribution < -0.4 is 10.6 Å². The van der Waals surface area contributed by atoms with Gasteiger partial charge in [0.05, 0.1) is 11.8 Å². The average Bonchev–Trinajstić information content (AvgIpc) is 3.43. The molecule has 7 nitrogen and oxygen atoms in total. The van der Waals surface area contributed by atoms with Crippen molar-refractivity contribution in [2.75, 3.05) is 17.7 Å². The van der Waals surface area contributed by atoms with Gasteiger partial charge in [-0.2, -0.15) is 5.10 Å². The number of pyridine rings is 2. The zero-order chi connectivity index (χ0) is 20.6. The van der Waals surface area contributed by atoms with Crippen LogP contribution in [0.2, 0.25) is 0 Å². The first-order chi connectivity index (χ1) is 13.9. The number of nitrogens with zero attached hydrogens (tertiary/aromatic N) is 4. The summed E-state index contributed by atoms with van der Waals surface area (Å²) in [6.07, 6.45) is 6.44. The Morgan fingerprint density at radius 2 is 2.19 bits per heavy atom. The number of hydrogen-bond donors (Lipinski definition) is 2. The van der Waals surface area contributed by atoms with E-state index in [1.54, 1.807) is 31.6 Å². The molecule has 0 unspecified atom stereocenters. The van der Waals surface area contributed by atoms with Crippen LogP contribution in [0.3, 0.4) is 0 Å². The van der Waals surface area contributed by atoms with Crippen LogP contribution in [0.1, 0.15) is 28.2 Å². The van der Waals surface area contributed by atoms with Crippen molar-refractivity contribution >= 4 is 28.3 Å². The van der Waals surface area contributed by atoms with E-state index in [1.165, 1.54) is 6.20 Å². The summed E-state index contributed by atoms with van der Waals surface area (Å²) in [4.78, 5) is 20.7. The summed E-state index contributed by atoms with van der Waals surface area (Å²) in [5.74, 6) is 6.94. The van der Waals surface area contributed by atoms with E-state index in [9.17, 15) is 4.79 Å². The smallest absolute Gasteiger partial charge is 0.228 e. The Morgan fingerprint density at radius 1 is 1.31 bits per heavy atom. The van der Waals surface area contributed by atoms with E-state index in [-0.39, 0.29) is 17.5 Å². The number of aromatic nitrogens is 4. The molecule has 1 amide bonds. The van der Waals surface area contributed by atoms with Crippen molar-refractivity contribution in [3.05, 3.63) is 42.0 Å². The van der Waals surface area contributed by atoms with Gasteiger partial charge in [0.15, 0.2) is 0 Å². The number of hydrogen-bond acceptors (Lipinski definition) is 5. The molecule has 0 saturated heterocycles. The van der Waals surface area contributed by atoms with Crippen LogP contribution in [-0.4, -0.2) is 32.7 Å². The van der Waals surface area contributed by atoms with E-state index in [2.05, 4.69) is 37.5 Å².